The predicted molar refractivity (Wildman–Crippen MR) is 87.6 cm³/mol. The molecule has 2 rings (SSSR count). The maximum Gasteiger partial charge on any atom is 0.243 e. The van der Waals surface area contributed by atoms with Gasteiger partial charge in [-0.2, -0.15) is 9.57 Å². The van der Waals surface area contributed by atoms with Gasteiger partial charge in [0.15, 0.2) is 0 Å². The number of hydrogen-bond acceptors (Lipinski definition) is 5. The minimum atomic E-state index is -3.58. The van der Waals surface area contributed by atoms with Crippen molar-refractivity contribution in [3.8, 4) is 6.07 Å². The van der Waals surface area contributed by atoms with Crippen LogP contribution in [0.25, 0.3) is 0 Å². The number of sulfonamides is 1. The summed E-state index contributed by atoms with van der Waals surface area (Å²) in [5.41, 5.74) is 1.03. The highest BCUT2D eigenvalue weighted by molar-refractivity contribution is 7.89. The van der Waals surface area contributed by atoms with E-state index in [1.54, 1.807) is 26.2 Å². The van der Waals surface area contributed by atoms with Crippen LogP contribution in [0, 0.1) is 18.3 Å². The van der Waals surface area contributed by atoms with E-state index in [1.165, 1.54) is 10.4 Å². The Hall–Kier alpha value is -1.46. The number of nitriles is 1. The number of benzene rings is 1. The van der Waals surface area contributed by atoms with Gasteiger partial charge < -0.3 is 4.74 Å². The first-order valence-corrected chi connectivity index (χ1v) is 9.08. The Morgan fingerprint density at radius 2 is 2.13 bits per heavy atom. The van der Waals surface area contributed by atoms with E-state index in [1.807, 2.05) is 13.0 Å². The molecule has 0 unspecified atom stereocenters. The van der Waals surface area contributed by atoms with Gasteiger partial charge in [-0.15, -0.1) is 0 Å². The third-order valence-electron chi connectivity index (χ3n) is 4.25. The number of methoxy groups -OCH3 is 1. The van der Waals surface area contributed by atoms with Gasteiger partial charge in [0.2, 0.25) is 10.0 Å². The maximum atomic E-state index is 12.9. The fourth-order valence-corrected chi connectivity index (χ4v) is 4.57. The summed E-state index contributed by atoms with van der Waals surface area (Å²) in [6, 6.07) is 6.92. The minimum Gasteiger partial charge on any atom is -0.383 e. The summed E-state index contributed by atoms with van der Waals surface area (Å²) in [6.07, 6.45) is 0. The molecule has 0 amide bonds. The quantitative estimate of drug-likeness (QED) is 0.807. The monoisotopic (exact) mass is 337 g/mol. The van der Waals surface area contributed by atoms with Crippen LogP contribution in [-0.4, -0.2) is 63.6 Å². The predicted octanol–water partition coefficient (Wildman–Crippen LogP) is 1.21. The van der Waals surface area contributed by atoms with Crippen LogP contribution in [0.4, 0.5) is 0 Å². The molecule has 0 spiro atoms. The van der Waals surface area contributed by atoms with E-state index in [2.05, 4.69) is 4.90 Å². The normalized spacial score (nSPS) is 20.3. The minimum absolute atomic E-state index is 0.133. The zero-order valence-corrected chi connectivity index (χ0v) is 14.6. The van der Waals surface area contributed by atoms with Crippen LogP contribution in [0.1, 0.15) is 18.1 Å². The molecule has 1 heterocycles. The number of ether oxygens (including phenoxy) is 1. The molecule has 1 fully saturated rings. The van der Waals surface area contributed by atoms with Crippen molar-refractivity contribution >= 4 is 10.0 Å². The lowest BCUT2D eigenvalue weighted by atomic mass is 10.2. The van der Waals surface area contributed by atoms with Crippen molar-refractivity contribution in [2.75, 3.05) is 39.9 Å². The molecule has 0 bridgehead atoms. The molecule has 1 aliphatic heterocycles. The Morgan fingerprint density at radius 1 is 1.39 bits per heavy atom. The largest absolute Gasteiger partial charge is 0.383 e. The van der Waals surface area contributed by atoms with Crippen LogP contribution in [0.2, 0.25) is 0 Å². The van der Waals surface area contributed by atoms with Gasteiger partial charge >= 0.3 is 0 Å². The maximum absolute atomic E-state index is 12.9. The molecule has 0 aliphatic carbocycles. The Balaban J connectivity index is 2.20. The second kappa shape index (κ2) is 7.41. The molecule has 126 valence electrons. The van der Waals surface area contributed by atoms with Crippen LogP contribution in [-0.2, 0) is 14.8 Å². The summed E-state index contributed by atoms with van der Waals surface area (Å²) < 4.78 is 32.4. The first-order valence-electron chi connectivity index (χ1n) is 7.64. The van der Waals surface area contributed by atoms with Gasteiger partial charge in [-0.3, -0.25) is 4.90 Å². The van der Waals surface area contributed by atoms with E-state index in [0.717, 1.165) is 6.54 Å². The summed E-state index contributed by atoms with van der Waals surface area (Å²) in [4.78, 5) is 2.46. The highest BCUT2D eigenvalue weighted by Gasteiger charge is 2.32. The number of nitrogens with zero attached hydrogens (tertiary/aromatic N) is 3. The third kappa shape index (κ3) is 3.90. The van der Waals surface area contributed by atoms with E-state index in [9.17, 15) is 8.42 Å². The van der Waals surface area contributed by atoms with Crippen LogP contribution < -0.4 is 0 Å². The summed E-state index contributed by atoms with van der Waals surface area (Å²) in [5.74, 6) is 0. The van der Waals surface area contributed by atoms with Crippen molar-refractivity contribution in [2.45, 2.75) is 24.8 Å². The topological polar surface area (TPSA) is 73.6 Å². The standard InChI is InChI=1S/C16H23N3O3S/c1-13-4-5-15(11-17)10-16(13)23(20,21)19-7-6-18(8-9-22-3)14(2)12-19/h4-5,10,14H,6-9,12H2,1-3H3/t14-/m1/s1. The van der Waals surface area contributed by atoms with Gasteiger partial charge in [0, 0.05) is 39.3 Å². The summed E-state index contributed by atoms with van der Waals surface area (Å²) in [5, 5.41) is 9.01. The van der Waals surface area contributed by atoms with Gasteiger partial charge in [0.05, 0.1) is 23.1 Å². The van der Waals surface area contributed by atoms with Crippen molar-refractivity contribution in [3.05, 3.63) is 29.3 Å². The first kappa shape index (κ1) is 17.9. The molecular weight excluding hydrogens is 314 g/mol. The Morgan fingerprint density at radius 3 is 2.74 bits per heavy atom. The highest BCUT2D eigenvalue weighted by Crippen LogP contribution is 2.23. The summed E-state index contributed by atoms with van der Waals surface area (Å²) in [6.45, 7) is 6.80. The van der Waals surface area contributed by atoms with Gasteiger partial charge in [-0.25, -0.2) is 8.42 Å². The molecule has 6 nitrogen and oxygen atoms in total. The zero-order chi connectivity index (χ0) is 17.0. The van der Waals surface area contributed by atoms with E-state index in [0.29, 0.717) is 37.4 Å². The third-order valence-corrected chi connectivity index (χ3v) is 6.25. The number of rotatable bonds is 5. The average Bonchev–Trinajstić information content (AvgIpc) is 2.54. The molecule has 0 saturated carbocycles. The number of aryl methyl sites for hydroxylation is 1. The zero-order valence-electron chi connectivity index (χ0n) is 13.8. The van der Waals surface area contributed by atoms with Gasteiger partial charge in [-0.05, 0) is 31.5 Å². The lowest BCUT2D eigenvalue weighted by Crippen LogP contribution is -2.54. The van der Waals surface area contributed by atoms with E-state index in [4.69, 9.17) is 10.00 Å². The molecule has 1 saturated heterocycles. The van der Waals surface area contributed by atoms with Crippen molar-refractivity contribution in [3.63, 3.8) is 0 Å². The number of hydrogen-bond donors (Lipinski definition) is 0. The lowest BCUT2D eigenvalue weighted by molar-refractivity contribution is 0.0877. The summed E-state index contributed by atoms with van der Waals surface area (Å²) >= 11 is 0. The van der Waals surface area contributed by atoms with Crippen LogP contribution in [0.15, 0.2) is 23.1 Å². The fourth-order valence-electron chi connectivity index (χ4n) is 2.81. The Bertz CT molecular complexity index is 697. The molecule has 1 atom stereocenters. The van der Waals surface area contributed by atoms with Crippen molar-refractivity contribution < 1.29 is 13.2 Å². The molecule has 0 N–H and O–H groups in total. The van der Waals surface area contributed by atoms with Crippen LogP contribution in [0.3, 0.4) is 0 Å². The molecule has 0 radical (unpaired) electrons. The van der Waals surface area contributed by atoms with Crippen LogP contribution >= 0.6 is 0 Å². The van der Waals surface area contributed by atoms with Gasteiger partial charge in [0.25, 0.3) is 0 Å². The molecule has 23 heavy (non-hydrogen) atoms. The van der Waals surface area contributed by atoms with E-state index in [-0.39, 0.29) is 10.9 Å². The van der Waals surface area contributed by atoms with Gasteiger partial charge in [-0.1, -0.05) is 6.07 Å². The SMILES string of the molecule is COCCN1CCN(S(=O)(=O)c2cc(C#N)ccc2C)C[C@H]1C. The molecule has 1 aromatic carbocycles. The molecule has 0 aromatic heterocycles. The smallest absolute Gasteiger partial charge is 0.243 e. The second-order valence-corrected chi connectivity index (χ2v) is 7.74. The second-order valence-electron chi connectivity index (χ2n) is 5.83. The first-order chi connectivity index (χ1) is 10.9. The summed E-state index contributed by atoms with van der Waals surface area (Å²) in [7, 11) is -1.91. The van der Waals surface area contributed by atoms with Crippen LogP contribution in [0.5, 0.6) is 0 Å². The van der Waals surface area contributed by atoms with E-state index < -0.39 is 10.0 Å². The molecular formula is C16H23N3O3S. The lowest BCUT2D eigenvalue weighted by Gasteiger charge is -2.39. The average molecular weight is 337 g/mol. The van der Waals surface area contributed by atoms with Crippen molar-refractivity contribution in [2.24, 2.45) is 0 Å². The van der Waals surface area contributed by atoms with Crippen molar-refractivity contribution in [1.82, 2.24) is 9.21 Å². The molecule has 1 aliphatic rings. The Labute approximate surface area is 138 Å². The number of piperazine rings is 1. The van der Waals surface area contributed by atoms with E-state index >= 15 is 0 Å². The van der Waals surface area contributed by atoms with Gasteiger partial charge in [0.1, 0.15) is 0 Å². The van der Waals surface area contributed by atoms with Crippen molar-refractivity contribution in [1.29, 1.82) is 5.26 Å². The fraction of sp³-hybridized carbons (Fsp3) is 0.562. The molecule has 7 heteroatoms. The molecule has 1 aromatic rings. The highest BCUT2D eigenvalue weighted by atomic mass is 32.2. The Kier molecular flexibility index (Phi) is 5.76.